The van der Waals surface area contributed by atoms with E-state index in [1.807, 2.05) is 32.9 Å². The number of esters is 2. The van der Waals surface area contributed by atoms with Gasteiger partial charge in [-0.1, -0.05) is 6.07 Å². The molecule has 20 heavy (non-hydrogen) atoms. The van der Waals surface area contributed by atoms with E-state index in [1.165, 1.54) is 14.2 Å². The first kappa shape index (κ1) is 15.8. The molecule has 0 aliphatic rings. The molecule has 0 aromatic heterocycles. The second-order valence-electron chi connectivity index (χ2n) is 4.45. The number of anilines is 1. The van der Waals surface area contributed by atoms with Crippen molar-refractivity contribution >= 4 is 17.6 Å². The predicted molar refractivity (Wildman–Crippen MR) is 76.4 cm³/mol. The van der Waals surface area contributed by atoms with Gasteiger partial charge in [-0.15, -0.1) is 0 Å². The van der Waals surface area contributed by atoms with Crippen LogP contribution in [0.4, 0.5) is 5.69 Å². The van der Waals surface area contributed by atoms with Gasteiger partial charge in [-0.2, -0.15) is 0 Å². The lowest BCUT2D eigenvalue weighted by Gasteiger charge is -2.13. The summed E-state index contributed by atoms with van der Waals surface area (Å²) < 4.78 is 9.17. The third-order valence-electron chi connectivity index (χ3n) is 2.98. The van der Waals surface area contributed by atoms with Gasteiger partial charge in [0.15, 0.2) is 0 Å². The fourth-order valence-electron chi connectivity index (χ4n) is 1.67. The molecule has 5 nitrogen and oxygen atoms in total. The number of hydrogen-bond acceptors (Lipinski definition) is 5. The van der Waals surface area contributed by atoms with E-state index in [9.17, 15) is 9.59 Å². The monoisotopic (exact) mass is 277 g/mol. The molecule has 0 heterocycles. The molecule has 108 valence electrons. The van der Waals surface area contributed by atoms with Gasteiger partial charge in [-0.05, 0) is 43.5 Å². The number of rotatable bonds is 4. The Balaban J connectivity index is 3.14. The number of carbonyl (C=O) groups excluding carboxylic acids is 2. The molecule has 1 aromatic rings. The number of hydrogen-bond donors (Lipinski definition) is 1. The number of methoxy groups -OCH3 is 2. The van der Waals surface area contributed by atoms with E-state index in [0.29, 0.717) is 0 Å². The number of benzene rings is 1. The zero-order valence-corrected chi connectivity index (χ0v) is 12.4. The Morgan fingerprint density at radius 3 is 2.15 bits per heavy atom. The maximum atomic E-state index is 11.7. The van der Waals surface area contributed by atoms with Crippen LogP contribution >= 0.6 is 0 Å². The fourth-order valence-corrected chi connectivity index (χ4v) is 1.67. The van der Waals surface area contributed by atoms with Gasteiger partial charge in [-0.3, -0.25) is 0 Å². The number of aryl methyl sites for hydroxylation is 3. The molecule has 0 saturated carbocycles. The average molecular weight is 277 g/mol. The summed E-state index contributed by atoms with van der Waals surface area (Å²) in [5.41, 5.74) is 3.98. The minimum Gasteiger partial charge on any atom is -0.466 e. The predicted octanol–water partition coefficient (Wildman–Crippen LogP) is 2.25. The van der Waals surface area contributed by atoms with Gasteiger partial charge in [-0.25, -0.2) is 9.59 Å². The molecule has 0 bridgehead atoms. The second-order valence-corrected chi connectivity index (χ2v) is 4.45. The van der Waals surface area contributed by atoms with E-state index in [1.54, 1.807) is 0 Å². The normalized spacial score (nSPS) is 10.9. The van der Waals surface area contributed by atoms with Gasteiger partial charge in [0.25, 0.3) is 0 Å². The number of nitrogens with one attached hydrogen (secondary N) is 1. The molecule has 0 saturated heterocycles. The summed E-state index contributed by atoms with van der Waals surface area (Å²) in [7, 11) is 2.50. The first-order chi connectivity index (χ1) is 9.38. The minimum absolute atomic E-state index is 0.0331. The average Bonchev–Trinajstić information content (AvgIpc) is 2.42. The maximum Gasteiger partial charge on any atom is 0.354 e. The Labute approximate surface area is 118 Å². The summed E-state index contributed by atoms with van der Waals surface area (Å²) in [6, 6.07) is 3.92. The van der Waals surface area contributed by atoms with Crippen molar-refractivity contribution in [3.05, 3.63) is 40.6 Å². The van der Waals surface area contributed by atoms with Crippen molar-refractivity contribution in [1.82, 2.24) is 0 Å². The topological polar surface area (TPSA) is 64.6 Å². The summed E-state index contributed by atoms with van der Waals surface area (Å²) in [5, 5.41) is 2.92. The lowest BCUT2D eigenvalue weighted by Crippen LogP contribution is -2.16. The lowest BCUT2D eigenvalue weighted by atomic mass is 10.0. The summed E-state index contributed by atoms with van der Waals surface area (Å²) >= 11 is 0. The van der Waals surface area contributed by atoms with Crippen LogP contribution < -0.4 is 5.32 Å². The summed E-state index contributed by atoms with van der Waals surface area (Å²) in [6.45, 7) is 5.90. The Morgan fingerprint density at radius 2 is 1.60 bits per heavy atom. The van der Waals surface area contributed by atoms with Gasteiger partial charge in [0.2, 0.25) is 0 Å². The van der Waals surface area contributed by atoms with E-state index in [2.05, 4.69) is 14.8 Å². The molecule has 0 aliphatic heterocycles. The third kappa shape index (κ3) is 3.85. The van der Waals surface area contributed by atoms with Crippen LogP contribution in [0, 0.1) is 20.8 Å². The Bertz CT molecular complexity index is 561. The quantitative estimate of drug-likeness (QED) is 0.675. The van der Waals surface area contributed by atoms with Gasteiger partial charge in [0.1, 0.15) is 5.70 Å². The highest BCUT2D eigenvalue weighted by atomic mass is 16.5. The maximum absolute atomic E-state index is 11.7. The standard InChI is InChI=1S/C15H19NO4/c1-9-6-11(3)12(7-10(9)2)16-13(15(18)20-5)8-14(17)19-4/h6-8,16H,1-5H3/b13-8+. The van der Waals surface area contributed by atoms with Crippen molar-refractivity contribution < 1.29 is 19.1 Å². The Hall–Kier alpha value is -2.30. The molecule has 0 amide bonds. The van der Waals surface area contributed by atoms with E-state index in [4.69, 9.17) is 0 Å². The highest BCUT2D eigenvalue weighted by Crippen LogP contribution is 2.21. The Kier molecular flexibility index (Phi) is 5.32. The van der Waals surface area contributed by atoms with Crippen molar-refractivity contribution in [3.8, 4) is 0 Å². The first-order valence-corrected chi connectivity index (χ1v) is 6.12. The smallest absolute Gasteiger partial charge is 0.354 e. The van der Waals surface area contributed by atoms with Gasteiger partial charge in [0, 0.05) is 5.69 Å². The van der Waals surface area contributed by atoms with Crippen molar-refractivity contribution in [2.45, 2.75) is 20.8 Å². The zero-order chi connectivity index (χ0) is 15.3. The highest BCUT2D eigenvalue weighted by molar-refractivity contribution is 5.98. The van der Waals surface area contributed by atoms with Crippen molar-refractivity contribution in [2.24, 2.45) is 0 Å². The van der Waals surface area contributed by atoms with Gasteiger partial charge < -0.3 is 14.8 Å². The molecular weight excluding hydrogens is 258 g/mol. The van der Waals surface area contributed by atoms with Crippen LogP contribution in [-0.2, 0) is 19.1 Å². The molecule has 0 aliphatic carbocycles. The van der Waals surface area contributed by atoms with Gasteiger partial charge >= 0.3 is 11.9 Å². The van der Waals surface area contributed by atoms with Crippen LogP contribution in [0.2, 0.25) is 0 Å². The van der Waals surface area contributed by atoms with Crippen molar-refractivity contribution in [1.29, 1.82) is 0 Å². The van der Waals surface area contributed by atoms with E-state index in [0.717, 1.165) is 28.5 Å². The van der Waals surface area contributed by atoms with E-state index >= 15 is 0 Å². The molecular formula is C15H19NO4. The third-order valence-corrected chi connectivity index (χ3v) is 2.98. The summed E-state index contributed by atoms with van der Waals surface area (Å²) in [6.07, 6.45) is 1.07. The molecule has 1 rings (SSSR count). The highest BCUT2D eigenvalue weighted by Gasteiger charge is 2.14. The minimum atomic E-state index is -0.631. The van der Waals surface area contributed by atoms with E-state index in [-0.39, 0.29) is 5.70 Å². The van der Waals surface area contributed by atoms with Crippen LogP contribution in [0.3, 0.4) is 0 Å². The first-order valence-electron chi connectivity index (χ1n) is 6.12. The Morgan fingerprint density at radius 1 is 1.00 bits per heavy atom. The van der Waals surface area contributed by atoms with E-state index < -0.39 is 11.9 Å². The van der Waals surface area contributed by atoms with Crippen molar-refractivity contribution in [2.75, 3.05) is 19.5 Å². The molecule has 1 aromatic carbocycles. The molecule has 0 radical (unpaired) electrons. The molecule has 0 spiro atoms. The van der Waals surface area contributed by atoms with Crippen molar-refractivity contribution in [3.63, 3.8) is 0 Å². The fraction of sp³-hybridized carbons (Fsp3) is 0.333. The summed E-state index contributed by atoms with van der Waals surface area (Å²) in [5.74, 6) is -1.26. The molecule has 0 fully saturated rings. The number of carbonyl (C=O) groups is 2. The zero-order valence-electron chi connectivity index (χ0n) is 12.4. The largest absolute Gasteiger partial charge is 0.466 e. The molecule has 0 atom stereocenters. The number of ether oxygens (including phenoxy) is 2. The van der Waals surface area contributed by atoms with Gasteiger partial charge in [0.05, 0.1) is 20.3 Å². The van der Waals surface area contributed by atoms with Crippen LogP contribution in [0.5, 0.6) is 0 Å². The molecule has 0 unspecified atom stereocenters. The molecule has 1 N–H and O–H groups in total. The van der Waals surface area contributed by atoms with Crippen LogP contribution in [0.1, 0.15) is 16.7 Å². The van der Waals surface area contributed by atoms with Crippen LogP contribution in [0.15, 0.2) is 23.9 Å². The van der Waals surface area contributed by atoms with Crippen LogP contribution in [-0.4, -0.2) is 26.2 Å². The second kappa shape index (κ2) is 6.75. The summed E-state index contributed by atoms with van der Waals surface area (Å²) in [4.78, 5) is 23.0. The molecule has 5 heteroatoms. The van der Waals surface area contributed by atoms with Crippen LogP contribution in [0.25, 0.3) is 0 Å². The SMILES string of the molecule is COC(=O)/C=C(/Nc1cc(C)c(C)cc1C)C(=O)OC. The lowest BCUT2D eigenvalue weighted by molar-refractivity contribution is -0.138.